The smallest absolute Gasteiger partial charge is 0.391 e. The van der Waals surface area contributed by atoms with Gasteiger partial charge in [-0.25, -0.2) is 4.79 Å². The maximum absolute atomic E-state index is 11.6. The van der Waals surface area contributed by atoms with E-state index in [-0.39, 0.29) is 12.2 Å². The molecule has 88 valence electrons. The summed E-state index contributed by atoms with van der Waals surface area (Å²) in [5.74, 6) is -1.07. The molecule has 0 saturated heterocycles. The maximum Gasteiger partial charge on any atom is 0.391 e. The predicted octanol–water partition coefficient (Wildman–Crippen LogP) is 2.38. The Morgan fingerprint density at radius 1 is 1.47 bits per heavy atom. The minimum absolute atomic E-state index is 0.106. The summed E-state index contributed by atoms with van der Waals surface area (Å²) in [6.45, 7) is 1.10. The molecule has 0 saturated carbocycles. The lowest BCUT2D eigenvalue weighted by atomic mass is 10.2. The van der Waals surface area contributed by atoms with Gasteiger partial charge in [0.05, 0.1) is 19.6 Å². The third kappa shape index (κ3) is 7.99. The van der Waals surface area contributed by atoms with Crippen LogP contribution in [0.25, 0.3) is 0 Å². The SMILES string of the molecule is CCC(=CCOCCC(F)(F)F)C(=O)O. The summed E-state index contributed by atoms with van der Waals surface area (Å²) in [4.78, 5) is 10.4. The molecule has 0 aromatic heterocycles. The van der Waals surface area contributed by atoms with Crippen LogP contribution in [0.3, 0.4) is 0 Å². The van der Waals surface area contributed by atoms with Crippen LogP contribution in [0.15, 0.2) is 11.6 Å². The molecule has 0 aliphatic heterocycles. The highest BCUT2D eigenvalue weighted by Gasteiger charge is 2.26. The Hall–Kier alpha value is -1.04. The van der Waals surface area contributed by atoms with Gasteiger partial charge in [-0.05, 0) is 12.5 Å². The summed E-state index contributed by atoms with van der Waals surface area (Å²) >= 11 is 0. The van der Waals surface area contributed by atoms with E-state index in [4.69, 9.17) is 5.11 Å². The van der Waals surface area contributed by atoms with Crippen LogP contribution in [-0.2, 0) is 9.53 Å². The molecule has 0 aliphatic carbocycles. The van der Waals surface area contributed by atoms with E-state index in [1.54, 1.807) is 6.92 Å². The standard InChI is InChI=1S/C9H13F3O3/c1-2-7(8(13)14)3-5-15-6-4-9(10,11)12/h3H,2,4-6H2,1H3,(H,13,14). The average Bonchev–Trinajstić information content (AvgIpc) is 2.08. The second-order valence-electron chi connectivity index (χ2n) is 2.83. The molecule has 1 N–H and O–H groups in total. The normalized spacial score (nSPS) is 12.9. The molecule has 0 spiro atoms. The van der Waals surface area contributed by atoms with Crippen LogP contribution in [-0.4, -0.2) is 30.5 Å². The number of carbonyl (C=O) groups is 1. The van der Waals surface area contributed by atoms with E-state index < -0.39 is 25.2 Å². The van der Waals surface area contributed by atoms with Gasteiger partial charge in [-0.3, -0.25) is 0 Å². The summed E-state index contributed by atoms with van der Waals surface area (Å²) in [6.07, 6.45) is -3.66. The van der Waals surface area contributed by atoms with Crippen molar-refractivity contribution in [2.24, 2.45) is 0 Å². The molecule has 3 nitrogen and oxygen atoms in total. The fourth-order valence-electron chi connectivity index (χ4n) is 0.814. The Balaban J connectivity index is 3.74. The van der Waals surface area contributed by atoms with E-state index >= 15 is 0 Å². The molecule has 0 unspecified atom stereocenters. The zero-order valence-electron chi connectivity index (χ0n) is 8.30. The van der Waals surface area contributed by atoms with E-state index in [0.29, 0.717) is 6.42 Å². The Kier molecular flexibility index (Phi) is 6.00. The summed E-state index contributed by atoms with van der Waals surface area (Å²) < 4.78 is 39.6. The number of carboxylic acid groups (broad SMARTS) is 1. The molecule has 0 rings (SSSR count). The summed E-state index contributed by atoms with van der Waals surface area (Å²) in [5.41, 5.74) is 0.141. The van der Waals surface area contributed by atoms with Crippen molar-refractivity contribution in [1.29, 1.82) is 0 Å². The molecule has 0 bridgehead atoms. The van der Waals surface area contributed by atoms with Gasteiger partial charge in [0.25, 0.3) is 0 Å². The maximum atomic E-state index is 11.6. The van der Waals surface area contributed by atoms with Gasteiger partial charge < -0.3 is 9.84 Å². The molecule has 0 atom stereocenters. The number of aliphatic carboxylic acids is 1. The van der Waals surface area contributed by atoms with E-state index in [1.807, 2.05) is 0 Å². The van der Waals surface area contributed by atoms with Crippen LogP contribution < -0.4 is 0 Å². The van der Waals surface area contributed by atoms with Crippen molar-refractivity contribution in [1.82, 2.24) is 0 Å². The highest BCUT2D eigenvalue weighted by Crippen LogP contribution is 2.18. The first kappa shape index (κ1) is 14.0. The Morgan fingerprint density at radius 2 is 2.07 bits per heavy atom. The van der Waals surface area contributed by atoms with E-state index in [1.165, 1.54) is 6.08 Å². The molecule has 15 heavy (non-hydrogen) atoms. The highest BCUT2D eigenvalue weighted by molar-refractivity contribution is 5.86. The van der Waals surface area contributed by atoms with E-state index in [0.717, 1.165) is 0 Å². The summed E-state index contributed by atoms with van der Waals surface area (Å²) in [6, 6.07) is 0. The third-order valence-electron chi connectivity index (χ3n) is 1.63. The van der Waals surface area contributed by atoms with Crippen molar-refractivity contribution in [2.75, 3.05) is 13.2 Å². The number of hydrogen-bond donors (Lipinski definition) is 1. The quantitative estimate of drug-likeness (QED) is 0.558. The fraction of sp³-hybridized carbons (Fsp3) is 0.667. The fourth-order valence-corrected chi connectivity index (χ4v) is 0.814. The summed E-state index contributed by atoms with van der Waals surface area (Å²) in [7, 11) is 0. The van der Waals surface area contributed by atoms with Crippen LogP contribution in [0.4, 0.5) is 13.2 Å². The molecule has 0 aliphatic rings. The van der Waals surface area contributed by atoms with Gasteiger partial charge >= 0.3 is 12.1 Å². The third-order valence-corrected chi connectivity index (χ3v) is 1.63. The number of ether oxygens (including phenoxy) is 1. The zero-order chi connectivity index (χ0) is 11.9. The topological polar surface area (TPSA) is 46.5 Å². The minimum atomic E-state index is -4.23. The van der Waals surface area contributed by atoms with Crippen molar-refractivity contribution in [3.8, 4) is 0 Å². The Morgan fingerprint density at radius 3 is 2.47 bits per heavy atom. The van der Waals surface area contributed by atoms with Crippen LogP contribution in [0, 0.1) is 0 Å². The number of carboxylic acids is 1. The van der Waals surface area contributed by atoms with Gasteiger partial charge in [0.2, 0.25) is 0 Å². The first-order valence-electron chi connectivity index (χ1n) is 4.43. The molecular formula is C9H13F3O3. The second-order valence-corrected chi connectivity index (χ2v) is 2.83. The molecular weight excluding hydrogens is 213 g/mol. The minimum Gasteiger partial charge on any atom is -0.478 e. The Bertz CT molecular complexity index is 233. The largest absolute Gasteiger partial charge is 0.478 e. The summed E-state index contributed by atoms with van der Waals surface area (Å²) in [5, 5.41) is 8.56. The van der Waals surface area contributed by atoms with Gasteiger partial charge in [-0.2, -0.15) is 13.2 Å². The van der Waals surface area contributed by atoms with Crippen LogP contribution in [0.5, 0.6) is 0 Å². The molecule has 0 aromatic rings. The molecule has 0 aromatic carbocycles. The molecule has 0 heterocycles. The number of rotatable bonds is 6. The van der Waals surface area contributed by atoms with Gasteiger partial charge in [-0.15, -0.1) is 0 Å². The number of alkyl halides is 3. The van der Waals surface area contributed by atoms with E-state index in [9.17, 15) is 18.0 Å². The van der Waals surface area contributed by atoms with Crippen LogP contribution >= 0.6 is 0 Å². The lowest BCUT2D eigenvalue weighted by Gasteiger charge is -2.05. The number of halogens is 3. The molecule has 0 amide bonds. The first-order valence-corrected chi connectivity index (χ1v) is 4.43. The zero-order valence-corrected chi connectivity index (χ0v) is 8.30. The van der Waals surface area contributed by atoms with Crippen molar-refractivity contribution in [2.45, 2.75) is 25.9 Å². The van der Waals surface area contributed by atoms with Gasteiger partial charge in [-0.1, -0.05) is 6.92 Å². The second kappa shape index (κ2) is 6.44. The van der Waals surface area contributed by atoms with E-state index in [2.05, 4.69) is 4.74 Å². The monoisotopic (exact) mass is 226 g/mol. The average molecular weight is 226 g/mol. The van der Waals surface area contributed by atoms with Crippen LogP contribution in [0.1, 0.15) is 19.8 Å². The van der Waals surface area contributed by atoms with Gasteiger partial charge in [0.15, 0.2) is 0 Å². The first-order chi connectivity index (χ1) is 6.87. The molecule has 0 fully saturated rings. The highest BCUT2D eigenvalue weighted by atomic mass is 19.4. The van der Waals surface area contributed by atoms with Crippen molar-refractivity contribution in [3.63, 3.8) is 0 Å². The van der Waals surface area contributed by atoms with Crippen molar-refractivity contribution >= 4 is 5.97 Å². The van der Waals surface area contributed by atoms with Gasteiger partial charge in [0.1, 0.15) is 0 Å². The molecule has 0 radical (unpaired) electrons. The Labute approximate surface area is 85.5 Å². The molecule has 6 heteroatoms. The lowest BCUT2D eigenvalue weighted by Crippen LogP contribution is -2.11. The van der Waals surface area contributed by atoms with Gasteiger partial charge in [0, 0.05) is 5.57 Å². The van der Waals surface area contributed by atoms with Crippen molar-refractivity contribution < 1.29 is 27.8 Å². The number of hydrogen-bond acceptors (Lipinski definition) is 2. The predicted molar refractivity (Wildman–Crippen MR) is 47.5 cm³/mol. The lowest BCUT2D eigenvalue weighted by molar-refractivity contribution is -0.144. The van der Waals surface area contributed by atoms with Crippen molar-refractivity contribution in [3.05, 3.63) is 11.6 Å². The van der Waals surface area contributed by atoms with Crippen LogP contribution in [0.2, 0.25) is 0 Å².